The van der Waals surface area contributed by atoms with E-state index in [2.05, 4.69) is 0 Å². The first-order chi connectivity index (χ1) is 5.93. The first-order valence-corrected chi connectivity index (χ1v) is 5.66. The van der Waals surface area contributed by atoms with Crippen LogP contribution in [0, 0.1) is 0 Å². The van der Waals surface area contributed by atoms with E-state index in [0.717, 1.165) is 0 Å². The zero-order chi connectivity index (χ0) is 10.1. The Morgan fingerprint density at radius 2 is 2.00 bits per heavy atom. The first-order valence-electron chi connectivity index (χ1n) is 3.98. The van der Waals surface area contributed by atoms with Gasteiger partial charge in [0.05, 0.1) is 0 Å². The van der Waals surface area contributed by atoms with E-state index >= 15 is 0 Å². The second-order valence-electron chi connectivity index (χ2n) is 3.06. The summed E-state index contributed by atoms with van der Waals surface area (Å²) in [5.74, 6) is -0.870. The summed E-state index contributed by atoms with van der Waals surface area (Å²) in [5, 5.41) is 9.43. The fourth-order valence-corrected chi connectivity index (χ4v) is 2.26. The van der Waals surface area contributed by atoms with Crippen molar-refractivity contribution >= 4 is 13.5 Å². The van der Waals surface area contributed by atoms with Crippen LogP contribution in [0.4, 0.5) is 0 Å². The molecule has 0 aliphatic carbocycles. The Bertz CT molecular complexity index is 249. The number of hydrogen-bond donors (Lipinski definition) is 3. The number of hydroxylamine groups is 2. The molecule has 0 bridgehead atoms. The van der Waals surface area contributed by atoms with Gasteiger partial charge < -0.3 is 9.79 Å². The molecule has 76 valence electrons. The zero-order valence-electron chi connectivity index (χ0n) is 6.96. The van der Waals surface area contributed by atoms with Crippen LogP contribution in [0.5, 0.6) is 0 Å². The molecule has 1 unspecified atom stereocenters. The third-order valence-corrected chi connectivity index (χ3v) is 3.33. The second kappa shape index (κ2) is 3.75. The van der Waals surface area contributed by atoms with E-state index in [4.69, 9.17) is 15.0 Å². The molecule has 1 aliphatic rings. The Kier molecular flexibility index (Phi) is 3.08. The lowest BCUT2D eigenvalue weighted by Gasteiger charge is -2.18. The van der Waals surface area contributed by atoms with Gasteiger partial charge in [0.1, 0.15) is 5.66 Å². The minimum atomic E-state index is -4.41. The molecule has 1 rings (SSSR count). The molecule has 3 N–H and O–H groups in total. The van der Waals surface area contributed by atoms with Gasteiger partial charge in [-0.2, -0.15) is 0 Å². The van der Waals surface area contributed by atoms with Crippen molar-refractivity contribution < 1.29 is 24.4 Å². The molecule has 0 aromatic carbocycles. The predicted molar refractivity (Wildman–Crippen MR) is 43.2 cm³/mol. The minimum absolute atomic E-state index is 0.139. The Labute approximate surface area is 75.3 Å². The summed E-state index contributed by atoms with van der Waals surface area (Å²) in [5.41, 5.74) is -1.36. The molecule has 1 amide bonds. The van der Waals surface area contributed by atoms with Gasteiger partial charge in [-0.1, -0.05) is 6.42 Å². The highest BCUT2D eigenvalue weighted by Gasteiger charge is 2.39. The highest BCUT2D eigenvalue weighted by Crippen LogP contribution is 2.45. The standard InChI is InChI=1S/C6H12NO5P/c8-6-5(13(10,11)12)3-1-2-4-7(6)9/h5,9H,1-4H2,(H2,10,11,12). The molecule has 0 radical (unpaired) electrons. The number of carbonyl (C=O) groups excluding carboxylic acids is 1. The molecule has 6 nitrogen and oxygen atoms in total. The quantitative estimate of drug-likeness (QED) is 0.415. The van der Waals surface area contributed by atoms with Gasteiger partial charge in [-0.25, -0.2) is 5.06 Å². The van der Waals surface area contributed by atoms with Crippen molar-refractivity contribution in [2.75, 3.05) is 6.54 Å². The summed E-state index contributed by atoms with van der Waals surface area (Å²) < 4.78 is 10.8. The summed E-state index contributed by atoms with van der Waals surface area (Å²) in [4.78, 5) is 28.8. The van der Waals surface area contributed by atoms with Gasteiger partial charge in [0.25, 0.3) is 5.91 Å². The lowest BCUT2D eigenvalue weighted by molar-refractivity contribution is -0.163. The number of rotatable bonds is 1. The Hall–Kier alpha value is -0.420. The molecular weight excluding hydrogens is 197 g/mol. The maximum absolute atomic E-state index is 11.2. The van der Waals surface area contributed by atoms with Gasteiger partial charge in [-0.3, -0.25) is 14.6 Å². The van der Waals surface area contributed by atoms with Crippen molar-refractivity contribution in [2.45, 2.75) is 24.9 Å². The van der Waals surface area contributed by atoms with Crippen LogP contribution >= 0.6 is 7.60 Å². The van der Waals surface area contributed by atoms with Crippen LogP contribution in [0.15, 0.2) is 0 Å². The monoisotopic (exact) mass is 209 g/mol. The molecule has 1 saturated heterocycles. The Morgan fingerprint density at radius 1 is 1.38 bits per heavy atom. The van der Waals surface area contributed by atoms with Gasteiger partial charge in [-0.15, -0.1) is 0 Å². The molecule has 1 fully saturated rings. The van der Waals surface area contributed by atoms with Gasteiger partial charge in [0.2, 0.25) is 0 Å². The summed E-state index contributed by atoms with van der Waals surface area (Å²) in [7, 11) is -4.41. The molecule has 1 aliphatic heterocycles. The van der Waals surface area contributed by atoms with Crippen molar-refractivity contribution in [3.8, 4) is 0 Å². The average molecular weight is 209 g/mol. The second-order valence-corrected chi connectivity index (χ2v) is 4.86. The van der Waals surface area contributed by atoms with Crippen LogP contribution in [0.1, 0.15) is 19.3 Å². The number of hydrogen-bond acceptors (Lipinski definition) is 3. The number of nitrogens with zero attached hydrogens (tertiary/aromatic N) is 1. The number of carbonyl (C=O) groups is 1. The van der Waals surface area contributed by atoms with Crippen LogP contribution in [-0.4, -0.2) is 38.2 Å². The average Bonchev–Trinajstić information content (AvgIpc) is 2.14. The first kappa shape index (κ1) is 10.7. The van der Waals surface area contributed by atoms with E-state index in [0.29, 0.717) is 17.9 Å². The minimum Gasteiger partial charge on any atom is -0.324 e. The van der Waals surface area contributed by atoms with Crippen molar-refractivity contribution in [3.05, 3.63) is 0 Å². The van der Waals surface area contributed by atoms with E-state index in [1.165, 1.54) is 0 Å². The highest BCUT2D eigenvalue weighted by atomic mass is 31.2. The predicted octanol–water partition coefficient (Wildman–Crippen LogP) is -0.0656. The van der Waals surface area contributed by atoms with Gasteiger partial charge in [-0.05, 0) is 12.8 Å². The van der Waals surface area contributed by atoms with Crippen LogP contribution < -0.4 is 0 Å². The lowest BCUT2D eigenvalue weighted by Crippen LogP contribution is -2.35. The topological polar surface area (TPSA) is 98.1 Å². The van der Waals surface area contributed by atoms with Gasteiger partial charge in [0.15, 0.2) is 0 Å². The molecule has 0 saturated carbocycles. The number of amides is 1. The smallest absolute Gasteiger partial charge is 0.324 e. The largest absolute Gasteiger partial charge is 0.338 e. The Morgan fingerprint density at radius 3 is 2.54 bits per heavy atom. The van der Waals surface area contributed by atoms with Crippen molar-refractivity contribution in [1.82, 2.24) is 5.06 Å². The van der Waals surface area contributed by atoms with Crippen molar-refractivity contribution in [1.29, 1.82) is 0 Å². The molecule has 13 heavy (non-hydrogen) atoms. The lowest BCUT2D eigenvalue weighted by atomic mass is 10.2. The molecule has 1 atom stereocenters. The maximum Gasteiger partial charge on any atom is 0.338 e. The zero-order valence-corrected chi connectivity index (χ0v) is 7.85. The van der Waals surface area contributed by atoms with Crippen molar-refractivity contribution in [2.24, 2.45) is 0 Å². The third kappa shape index (κ3) is 2.51. The highest BCUT2D eigenvalue weighted by molar-refractivity contribution is 7.53. The van der Waals surface area contributed by atoms with E-state index in [9.17, 15) is 9.36 Å². The molecule has 7 heteroatoms. The van der Waals surface area contributed by atoms with Gasteiger partial charge >= 0.3 is 7.60 Å². The molecule has 0 spiro atoms. The van der Waals surface area contributed by atoms with Gasteiger partial charge in [0, 0.05) is 6.54 Å². The summed E-state index contributed by atoms with van der Waals surface area (Å²) in [6.07, 6.45) is 1.25. The summed E-state index contributed by atoms with van der Waals surface area (Å²) >= 11 is 0. The molecular formula is C6H12NO5P. The molecule has 0 aromatic rings. The van der Waals surface area contributed by atoms with Crippen molar-refractivity contribution in [3.63, 3.8) is 0 Å². The molecule has 1 heterocycles. The SMILES string of the molecule is O=C1C(P(=O)(O)O)CCCCN1O. The van der Waals surface area contributed by atoms with Crippen LogP contribution in [-0.2, 0) is 9.36 Å². The van der Waals surface area contributed by atoms with Crippen LogP contribution in [0.2, 0.25) is 0 Å². The van der Waals surface area contributed by atoms with Crippen LogP contribution in [0.25, 0.3) is 0 Å². The van der Waals surface area contributed by atoms with E-state index in [1.54, 1.807) is 0 Å². The fraction of sp³-hybridized carbons (Fsp3) is 0.833. The Balaban J connectivity index is 2.83. The fourth-order valence-electron chi connectivity index (χ4n) is 1.32. The van der Waals surface area contributed by atoms with E-state index < -0.39 is 19.2 Å². The maximum atomic E-state index is 11.2. The summed E-state index contributed by atoms with van der Waals surface area (Å²) in [6, 6.07) is 0. The van der Waals surface area contributed by atoms with E-state index in [-0.39, 0.29) is 13.0 Å². The summed E-state index contributed by atoms with van der Waals surface area (Å²) in [6.45, 7) is 0.148. The van der Waals surface area contributed by atoms with Crippen LogP contribution in [0.3, 0.4) is 0 Å². The third-order valence-electron chi connectivity index (χ3n) is 2.04. The molecule has 0 aromatic heterocycles. The normalized spacial score (nSPS) is 25.9. The van der Waals surface area contributed by atoms with E-state index in [1.807, 2.05) is 0 Å².